The largest absolute Gasteiger partial charge is 0.352 e. The second kappa shape index (κ2) is 7.99. The Kier molecular flexibility index (Phi) is 6.30. The molecule has 2 aliphatic rings. The summed E-state index contributed by atoms with van der Waals surface area (Å²) in [6.07, 6.45) is 11.0. The van der Waals surface area contributed by atoms with Gasteiger partial charge in [-0.05, 0) is 32.6 Å². The van der Waals surface area contributed by atoms with Crippen molar-refractivity contribution in [2.75, 3.05) is 13.1 Å². The van der Waals surface area contributed by atoms with Crippen LogP contribution in [-0.4, -0.2) is 42.0 Å². The highest BCUT2D eigenvalue weighted by molar-refractivity contribution is 5.78. The second-order valence-electron chi connectivity index (χ2n) is 6.60. The van der Waals surface area contributed by atoms with E-state index in [1.807, 2.05) is 0 Å². The number of hydrogen-bond acceptors (Lipinski definition) is 3. The number of carbonyl (C=O) groups is 1. The molecule has 3 N–H and O–H groups in total. The summed E-state index contributed by atoms with van der Waals surface area (Å²) in [6, 6.07) is 1.28. The third-order valence-corrected chi connectivity index (χ3v) is 5.01. The van der Waals surface area contributed by atoms with Crippen LogP contribution < -0.4 is 11.1 Å². The average molecular weight is 281 g/mol. The molecule has 2 unspecified atom stereocenters. The molecule has 1 heterocycles. The Bertz CT molecular complexity index is 300. The van der Waals surface area contributed by atoms with Crippen molar-refractivity contribution in [3.63, 3.8) is 0 Å². The maximum atomic E-state index is 12.3. The summed E-state index contributed by atoms with van der Waals surface area (Å²) in [5.41, 5.74) is 5.86. The maximum absolute atomic E-state index is 12.3. The molecule has 1 saturated heterocycles. The van der Waals surface area contributed by atoms with Gasteiger partial charge in [0, 0.05) is 24.7 Å². The van der Waals surface area contributed by atoms with E-state index in [0.29, 0.717) is 31.2 Å². The van der Waals surface area contributed by atoms with Gasteiger partial charge in [-0.1, -0.05) is 32.1 Å². The van der Waals surface area contributed by atoms with Gasteiger partial charge in [0.1, 0.15) is 0 Å². The smallest absolute Gasteiger partial charge is 0.234 e. The summed E-state index contributed by atoms with van der Waals surface area (Å²) in [5.74, 6) is 0.198. The molecule has 2 rings (SSSR count). The number of hydrogen-bond donors (Lipinski definition) is 2. The number of rotatable bonds is 4. The molecular formula is C16H31N3O. The summed E-state index contributed by atoms with van der Waals surface area (Å²) in [7, 11) is 0. The first-order valence-electron chi connectivity index (χ1n) is 8.46. The summed E-state index contributed by atoms with van der Waals surface area (Å²) < 4.78 is 0. The van der Waals surface area contributed by atoms with Gasteiger partial charge in [-0.3, -0.25) is 9.69 Å². The van der Waals surface area contributed by atoms with E-state index < -0.39 is 0 Å². The van der Waals surface area contributed by atoms with E-state index in [1.165, 1.54) is 38.5 Å². The lowest BCUT2D eigenvalue weighted by Gasteiger charge is -2.39. The molecule has 116 valence electrons. The first kappa shape index (κ1) is 15.8. The fraction of sp³-hybridized carbons (Fsp3) is 0.938. The molecular weight excluding hydrogens is 250 g/mol. The van der Waals surface area contributed by atoms with Gasteiger partial charge in [-0.2, -0.15) is 0 Å². The van der Waals surface area contributed by atoms with Crippen LogP contribution in [-0.2, 0) is 4.79 Å². The van der Waals surface area contributed by atoms with Crippen molar-refractivity contribution in [1.29, 1.82) is 0 Å². The van der Waals surface area contributed by atoms with Crippen molar-refractivity contribution in [3.05, 3.63) is 0 Å². The topological polar surface area (TPSA) is 58.4 Å². The molecule has 2 fully saturated rings. The third kappa shape index (κ3) is 4.45. The van der Waals surface area contributed by atoms with Crippen molar-refractivity contribution >= 4 is 5.91 Å². The van der Waals surface area contributed by atoms with Crippen LogP contribution in [0, 0.1) is 0 Å². The minimum Gasteiger partial charge on any atom is -0.352 e. The van der Waals surface area contributed by atoms with E-state index >= 15 is 0 Å². The van der Waals surface area contributed by atoms with Gasteiger partial charge in [0.25, 0.3) is 0 Å². The minimum atomic E-state index is 0.198. The van der Waals surface area contributed by atoms with Crippen LogP contribution in [0.4, 0.5) is 0 Å². The van der Waals surface area contributed by atoms with E-state index in [2.05, 4.69) is 17.1 Å². The van der Waals surface area contributed by atoms with Gasteiger partial charge in [0.15, 0.2) is 0 Å². The van der Waals surface area contributed by atoms with Crippen molar-refractivity contribution < 1.29 is 4.79 Å². The summed E-state index contributed by atoms with van der Waals surface area (Å²) >= 11 is 0. The van der Waals surface area contributed by atoms with Crippen LogP contribution in [0.1, 0.15) is 64.7 Å². The van der Waals surface area contributed by atoms with Crippen molar-refractivity contribution in [1.82, 2.24) is 10.2 Å². The van der Waals surface area contributed by atoms with Crippen LogP contribution in [0.3, 0.4) is 0 Å². The van der Waals surface area contributed by atoms with Crippen LogP contribution in [0.15, 0.2) is 0 Å². The molecule has 1 saturated carbocycles. The summed E-state index contributed by atoms with van der Waals surface area (Å²) in [6.45, 7) is 3.42. The average Bonchev–Trinajstić information content (AvgIpc) is 2.69. The lowest BCUT2D eigenvalue weighted by molar-refractivity contribution is -0.124. The molecule has 0 radical (unpaired) electrons. The highest BCUT2D eigenvalue weighted by Gasteiger charge is 2.28. The minimum absolute atomic E-state index is 0.198. The third-order valence-electron chi connectivity index (χ3n) is 5.01. The monoisotopic (exact) mass is 281 g/mol. The second-order valence-corrected chi connectivity index (χ2v) is 6.60. The first-order chi connectivity index (χ1) is 9.70. The van der Waals surface area contributed by atoms with Gasteiger partial charge >= 0.3 is 0 Å². The van der Waals surface area contributed by atoms with E-state index in [1.54, 1.807) is 0 Å². The van der Waals surface area contributed by atoms with E-state index in [0.717, 1.165) is 19.3 Å². The van der Waals surface area contributed by atoms with E-state index in [-0.39, 0.29) is 5.91 Å². The highest BCUT2D eigenvalue weighted by Crippen LogP contribution is 2.22. The fourth-order valence-corrected chi connectivity index (χ4v) is 3.74. The van der Waals surface area contributed by atoms with E-state index in [4.69, 9.17) is 5.73 Å². The van der Waals surface area contributed by atoms with Crippen LogP contribution in [0.2, 0.25) is 0 Å². The summed E-state index contributed by atoms with van der Waals surface area (Å²) in [5, 5.41) is 3.25. The molecule has 1 aliphatic carbocycles. The molecule has 2 atom stereocenters. The van der Waals surface area contributed by atoms with Gasteiger partial charge in [0.05, 0.1) is 6.54 Å². The van der Waals surface area contributed by atoms with Crippen LogP contribution in [0.25, 0.3) is 0 Å². The lowest BCUT2D eigenvalue weighted by atomic mass is 9.96. The number of nitrogens with one attached hydrogen (secondary N) is 1. The van der Waals surface area contributed by atoms with Crippen molar-refractivity contribution in [3.8, 4) is 0 Å². The predicted octanol–water partition coefficient (Wildman–Crippen LogP) is 2.03. The number of amides is 1. The molecule has 0 aromatic rings. The number of nitrogens with zero attached hydrogens (tertiary/aromatic N) is 1. The standard InChI is InChI=1S/C16H31N3O/c1-13-7-6-10-15(11-17)19(13)12-16(20)18-14-8-4-2-3-5-9-14/h13-15H,2-12,17H2,1H3,(H,18,20). The van der Waals surface area contributed by atoms with E-state index in [9.17, 15) is 4.79 Å². The highest BCUT2D eigenvalue weighted by atomic mass is 16.2. The normalized spacial score (nSPS) is 29.9. The SMILES string of the molecule is CC1CCCC(CN)N1CC(=O)NC1CCCCCC1. The number of piperidine rings is 1. The molecule has 0 spiro atoms. The van der Waals surface area contributed by atoms with Crippen molar-refractivity contribution in [2.45, 2.75) is 82.8 Å². The van der Waals surface area contributed by atoms with Gasteiger partial charge in [0.2, 0.25) is 5.91 Å². The molecule has 0 bridgehead atoms. The Morgan fingerprint density at radius 2 is 1.80 bits per heavy atom. The lowest BCUT2D eigenvalue weighted by Crippen LogP contribution is -2.53. The van der Waals surface area contributed by atoms with Crippen LogP contribution in [0.5, 0.6) is 0 Å². The van der Waals surface area contributed by atoms with Gasteiger partial charge in [-0.25, -0.2) is 0 Å². The Balaban J connectivity index is 1.82. The number of nitrogens with two attached hydrogens (primary N) is 1. The molecule has 4 nitrogen and oxygen atoms in total. The Morgan fingerprint density at radius 1 is 1.10 bits per heavy atom. The predicted molar refractivity (Wildman–Crippen MR) is 82.5 cm³/mol. The number of likely N-dealkylation sites (tertiary alicyclic amines) is 1. The van der Waals surface area contributed by atoms with Gasteiger partial charge < -0.3 is 11.1 Å². The maximum Gasteiger partial charge on any atom is 0.234 e. The molecule has 4 heteroatoms. The fourth-order valence-electron chi connectivity index (χ4n) is 3.74. The van der Waals surface area contributed by atoms with Gasteiger partial charge in [-0.15, -0.1) is 0 Å². The number of carbonyl (C=O) groups excluding carboxylic acids is 1. The quantitative estimate of drug-likeness (QED) is 0.775. The zero-order chi connectivity index (χ0) is 14.4. The molecule has 20 heavy (non-hydrogen) atoms. The Labute approximate surface area is 123 Å². The first-order valence-corrected chi connectivity index (χ1v) is 8.46. The van der Waals surface area contributed by atoms with Crippen molar-refractivity contribution in [2.24, 2.45) is 5.73 Å². The Morgan fingerprint density at radius 3 is 2.45 bits per heavy atom. The Hall–Kier alpha value is -0.610. The molecule has 0 aromatic carbocycles. The zero-order valence-electron chi connectivity index (χ0n) is 12.9. The molecule has 1 aliphatic heterocycles. The molecule has 0 aromatic heterocycles. The van der Waals surface area contributed by atoms with Crippen LogP contribution >= 0.6 is 0 Å². The zero-order valence-corrected chi connectivity index (χ0v) is 12.9. The molecule has 1 amide bonds. The summed E-state index contributed by atoms with van der Waals surface area (Å²) in [4.78, 5) is 14.6.